The summed E-state index contributed by atoms with van der Waals surface area (Å²) in [6, 6.07) is 7.32. The fourth-order valence-electron chi connectivity index (χ4n) is 2.24. The van der Waals surface area contributed by atoms with Crippen molar-refractivity contribution in [3.05, 3.63) is 30.0 Å². The minimum absolute atomic E-state index is 0.0323. The van der Waals surface area contributed by atoms with Crippen molar-refractivity contribution >= 4 is 5.97 Å². The zero-order valence-electron chi connectivity index (χ0n) is 11.1. The molecule has 0 saturated heterocycles. The molecule has 0 aliphatic heterocycles. The lowest BCUT2D eigenvalue weighted by Gasteiger charge is -2.10. The van der Waals surface area contributed by atoms with Gasteiger partial charge in [0.1, 0.15) is 11.4 Å². The minimum Gasteiger partial charge on any atom is -0.496 e. The Morgan fingerprint density at radius 2 is 2.20 bits per heavy atom. The zero-order valence-corrected chi connectivity index (χ0v) is 11.1. The third-order valence-corrected chi connectivity index (χ3v) is 3.43. The van der Waals surface area contributed by atoms with E-state index in [0.717, 1.165) is 12.8 Å². The fraction of sp³-hybridized carbons (Fsp3) is 0.357. The molecule has 20 heavy (non-hydrogen) atoms. The number of para-hydroxylation sites is 1. The van der Waals surface area contributed by atoms with E-state index in [9.17, 15) is 9.90 Å². The van der Waals surface area contributed by atoms with Crippen LogP contribution in [0.1, 0.15) is 23.3 Å². The first-order valence-electron chi connectivity index (χ1n) is 6.51. The summed E-state index contributed by atoms with van der Waals surface area (Å²) in [6.07, 6.45) is 2.32. The lowest BCUT2D eigenvalue weighted by atomic mass is 10.1. The van der Waals surface area contributed by atoms with Crippen molar-refractivity contribution in [3.63, 3.8) is 0 Å². The molecule has 1 heterocycles. The number of carboxylic acid groups (broad SMARTS) is 1. The first kappa shape index (κ1) is 12.7. The number of ether oxygens (including phenoxy) is 1. The molecule has 1 saturated carbocycles. The Bertz CT molecular complexity index is 647. The average Bonchev–Trinajstić information content (AvgIpc) is 3.16. The number of nitrogens with zero attached hydrogens (tertiary/aromatic N) is 3. The molecule has 0 amide bonds. The van der Waals surface area contributed by atoms with E-state index in [0.29, 0.717) is 29.5 Å². The van der Waals surface area contributed by atoms with Crippen LogP contribution in [0.5, 0.6) is 5.75 Å². The molecule has 6 heteroatoms. The van der Waals surface area contributed by atoms with Gasteiger partial charge in [-0.1, -0.05) is 17.3 Å². The molecule has 2 aromatic rings. The summed E-state index contributed by atoms with van der Waals surface area (Å²) in [6.45, 7) is 0.702. The number of aromatic nitrogens is 3. The Morgan fingerprint density at radius 3 is 2.85 bits per heavy atom. The topological polar surface area (TPSA) is 77.2 Å². The highest BCUT2D eigenvalue weighted by Gasteiger charge is 2.28. The van der Waals surface area contributed by atoms with Gasteiger partial charge in [-0.15, -0.1) is 5.10 Å². The van der Waals surface area contributed by atoms with Crippen LogP contribution in [-0.2, 0) is 6.54 Å². The number of aromatic carboxylic acids is 1. The first-order chi connectivity index (χ1) is 9.70. The van der Waals surface area contributed by atoms with Gasteiger partial charge < -0.3 is 9.84 Å². The Kier molecular flexibility index (Phi) is 3.14. The molecule has 0 bridgehead atoms. The van der Waals surface area contributed by atoms with Gasteiger partial charge in [0.05, 0.1) is 7.11 Å². The third-order valence-electron chi connectivity index (χ3n) is 3.43. The van der Waals surface area contributed by atoms with Crippen LogP contribution in [0.4, 0.5) is 0 Å². The van der Waals surface area contributed by atoms with Crippen LogP contribution in [0, 0.1) is 5.92 Å². The molecular weight excluding hydrogens is 258 g/mol. The smallest absolute Gasteiger partial charge is 0.358 e. The van der Waals surface area contributed by atoms with E-state index in [2.05, 4.69) is 10.3 Å². The molecule has 0 spiro atoms. The lowest BCUT2D eigenvalue weighted by Crippen LogP contribution is -2.07. The standard InChI is InChI=1S/C14H15N3O3/c1-20-11-5-3-2-4-10(11)13-12(14(18)19)15-16-17(13)8-9-6-7-9/h2-5,9H,6-8H2,1H3,(H,18,19). The van der Waals surface area contributed by atoms with Crippen LogP contribution in [0.15, 0.2) is 24.3 Å². The van der Waals surface area contributed by atoms with Crippen molar-refractivity contribution in [1.29, 1.82) is 0 Å². The predicted molar refractivity (Wildman–Crippen MR) is 71.7 cm³/mol. The summed E-state index contributed by atoms with van der Waals surface area (Å²) in [5.41, 5.74) is 1.19. The zero-order chi connectivity index (χ0) is 14.1. The molecule has 1 fully saturated rings. The van der Waals surface area contributed by atoms with Gasteiger partial charge in [-0.3, -0.25) is 0 Å². The van der Waals surface area contributed by atoms with Crippen LogP contribution in [0.3, 0.4) is 0 Å². The summed E-state index contributed by atoms with van der Waals surface area (Å²) in [5.74, 6) is 0.120. The van der Waals surface area contributed by atoms with Crippen molar-refractivity contribution in [2.24, 2.45) is 5.92 Å². The van der Waals surface area contributed by atoms with E-state index >= 15 is 0 Å². The Morgan fingerprint density at radius 1 is 1.45 bits per heavy atom. The largest absolute Gasteiger partial charge is 0.496 e. The van der Waals surface area contributed by atoms with Crippen molar-refractivity contribution in [2.45, 2.75) is 19.4 Å². The predicted octanol–water partition coefficient (Wildman–Crippen LogP) is 2.06. The summed E-state index contributed by atoms with van der Waals surface area (Å²) in [4.78, 5) is 11.4. The monoisotopic (exact) mass is 273 g/mol. The number of hydrogen-bond donors (Lipinski definition) is 1. The number of hydrogen-bond acceptors (Lipinski definition) is 4. The summed E-state index contributed by atoms with van der Waals surface area (Å²) >= 11 is 0. The number of carbonyl (C=O) groups is 1. The molecule has 0 unspecified atom stereocenters. The second-order valence-electron chi connectivity index (χ2n) is 4.92. The summed E-state index contributed by atoms with van der Waals surface area (Å²) < 4.78 is 7.00. The molecule has 1 aliphatic carbocycles. The number of rotatable bonds is 5. The average molecular weight is 273 g/mol. The lowest BCUT2D eigenvalue weighted by molar-refractivity contribution is 0.0691. The highest BCUT2D eigenvalue weighted by atomic mass is 16.5. The van der Waals surface area contributed by atoms with E-state index in [1.807, 2.05) is 18.2 Å². The van der Waals surface area contributed by atoms with E-state index in [1.165, 1.54) is 0 Å². The van der Waals surface area contributed by atoms with E-state index in [4.69, 9.17) is 4.74 Å². The Hall–Kier alpha value is -2.37. The maximum atomic E-state index is 11.4. The van der Waals surface area contributed by atoms with Gasteiger partial charge in [-0.2, -0.15) is 0 Å². The highest BCUT2D eigenvalue weighted by molar-refractivity contribution is 5.93. The molecule has 1 aromatic heterocycles. The quantitative estimate of drug-likeness (QED) is 0.902. The van der Waals surface area contributed by atoms with Gasteiger partial charge in [-0.05, 0) is 30.9 Å². The Balaban J connectivity index is 2.13. The number of carboxylic acids is 1. The van der Waals surface area contributed by atoms with E-state index in [1.54, 1.807) is 17.9 Å². The molecule has 1 aliphatic rings. The molecule has 0 atom stereocenters. The molecule has 6 nitrogen and oxygen atoms in total. The molecule has 104 valence electrons. The molecular formula is C14H15N3O3. The molecule has 0 radical (unpaired) electrons. The maximum Gasteiger partial charge on any atom is 0.358 e. The second kappa shape index (κ2) is 4.96. The first-order valence-corrected chi connectivity index (χ1v) is 6.51. The van der Waals surface area contributed by atoms with Gasteiger partial charge >= 0.3 is 5.97 Å². The third kappa shape index (κ3) is 2.24. The van der Waals surface area contributed by atoms with Crippen molar-refractivity contribution in [3.8, 4) is 17.0 Å². The molecule has 1 N–H and O–H groups in total. The van der Waals surface area contributed by atoms with Crippen LogP contribution in [0.2, 0.25) is 0 Å². The minimum atomic E-state index is -1.08. The Labute approximate surface area is 116 Å². The van der Waals surface area contributed by atoms with Crippen LogP contribution >= 0.6 is 0 Å². The van der Waals surface area contributed by atoms with Crippen molar-refractivity contribution in [1.82, 2.24) is 15.0 Å². The van der Waals surface area contributed by atoms with Crippen LogP contribution in [-0.4, -0.2) is 33.2 Å². The van der Waals surface area contributed by atoms with Gasteiger partial charge in [0.25, 0.3) is 0 Å². The van der Waals surface area contributed by atoms with Gasteiger partial charge in [0.15, 0.2) is 5.69 Å². The van der Waals surface area contributed by atoms with E-state index in [-0.39, 0.29) is 5.69 Å². The van der Waals surface area contributed by atoms with Crippen molar-refractivity contribution in [2.75, 3.05) is 7.11 Å². The van der Waals surface area contributed by atoms with Gasteiger partial charge in [0.2, 0.25) is 0 Å². The summed E-state index contributed by atoms with van der Waals surface area (Å²) in [5, 5.41) is 17.1. The number of benzene rings is 1. The normalized spacial score (nSPS) is 14.2. The second-order valence-corrected chi connectivity index (χ2v) is 4.92. The highest BCUT2D eigenvalue weighted by Crippen LogP contribution is 2.35. The van der Waals surface area contributed by atoms with Crippen LogP contribution < -0.4 is 4.74 Å². The SMILES string of the molecule is COc1ccccc1-c1c(C(=O)O)nnn1CC1CC1. The van der Waals surface area contributed by atoms with Gasteiger partial charge in [-0.25, -0.2) is 9.48 Å². The van der Waals surface area contributed by atoms with Gasteiger partial charge in [0, 0.05) is 12.1 Å². The van der Waals surface area contributed by atoms with Crippen LogP contribution in [0.25, 0.3) is 11.3 Å². The fourth-order valence-corrected chi connectivity index (χ4v) is 2.24. The molecule has 3 rings (SSSR count). The van der Waals surface area contributed by atoms with Crippen molar-refractivity contribution < 1.29 is 14.6 Å². The number of methoxy groups -OCH3 is 1. The van der Waals surface area contributed by atoms with E-state index < -0.39 is 5.97 Å². The summed E-state index contributed by atoms with van der Waals surface area (Å²) in [7, 11) is 1.56. The molecule has 1 aromatic carbocycles. The maximum absolute atomic E-state index is 11.4.